The quantitative estimate of drug-likeness (QED) is 0.310. The third-order valence-electron chi connectivity index (χ3n) is 5.40. The number of rotatable bonds is 8. The number of nitrogens with zero attached hydrogens (tertiary/aromatic N) is 3. The molecule has 3 rings (SSSR count). The molecule has 0 bridgehead atoms. The third kappa shape index (κ3) is 8.14. The Balaban J connectivity index is 0.00000341. The van der Waals surface area contributed by atoms with Crippen molar-refractivity contribution in [1.29, 1.82) is 0 Å². The van der Waals surface area contributed by atoms with Gasteiger partial charge < -0.3 is 15.5 Å². The number of benzene rings is 2. The smallest absolute Gasteiger partial charge is 0.241 e. The SMILES string of the molecule is CN(C)C(=O)CNC(=NCc1ccccc1)NCC(c1ccccc1)N1CCCC1.I. The zero-order chi connectivity index (χ0) is 21.2. The molecular formula is C24H34IN5O. The van der Waals surface area contributed by atoms with Crippen molar-refractivity contribution >= 4 is 35.8 Å². The maximum atomic E-state index is 12.1. The summed E-state index contributed by atoms with van der Waals surface area (Å²) >= 11 is 0. The molecule has 6 nitrogen and oxygen atoms in total. The van der Waals surface area contributed by atoms with E-state index < -0.39 is 0 Å². The molecule has 1 unspecified atom stereocenters. The maximum absolute atomic E-state index is 12.1. The number of carbonyl (C=O) groups is 1. The van der Waals surface area contributed by atoms with Crippen LogP contribution in [0, 0.1) is 0 Å². The highest BCUT2D eigenvalue weighted by Crippen LogP contribution is 2.24. The standard InChI is InChI=1S/C24H33N5O.HI/c1-28(2)23(30)19-27-24(25-17-20-11-5-3-6-12-20)26-18-22(29-15-9-10-16-29)21-13-7-4-8-14-21;/h3-8,11-14,22H,9-10,15-19H2,1-2H3,(H2,25,26,27);1H. The fraction of sp³-hybridized carbons (Fsp3) is 0.417. The summed E-state index contributed by atoms with van der Waals surface area (Å²) in [5.41, 5.74) is 2.44. The van der Waals surface area contributed by atoms with E-state index in [-0.39, 0.29) is 42.5 Å². The maximum Gasteiger partial charge on any atom is 0.241 e. The zero-order valence-electron chi connectivity index (χ0n) is 18.5. The molecule has 1 fully saturated rings. The Morgan fingerprint density at radius 3 is 2.23 bits per heavy atom. The molecule has 2 aromatic rings. The number of nitrogens with one attached hydrogen (secondary N) is 2. The molecule has 0 aliphatic carbocycles. The van der Waals surface area contributed by atoms with Crippen molar-refractivity contribution in [2.45, 2.75) is 25.4 Å². The van der Waals surface area contributed by atoms with Crippen molar-refractivity contribution in [3.63, 3.8) is 0 Å². The highest BCUT2D eigenvalue weighted by atomic mass is 127. The van der Waals surface area contributed by atoms with Crippen molar-refractivity contribution in [3.8, 4) is 0 Å². The molecule has 0 aromatic heterocycles. The van der Waals surface area contributed by atoms with Crippen LogP contribution < -0.4 is 10.6 Å². The van der Waals surface area contributed by atoms with Crippen LogP contribution >= 0.6 is 24.0 Å². The Kier molecular flexibility index (Phi) is 10.8. The molecule has 168 valence electrons. The number of carbonyl (C=O) groups excluding carboxylic acids is 1. The summed E-state index contributed by atoms with van der Waals surface area (Å²) < 4.78 is 0. The molecule has 2 aromatic carbocycles. The molecule has 7 heteroatoms. The molecule has 1 heterocycles. The Hall–Kier alpha value is -2.13. The second kappa shape index (κ2) is 13.3. The zero-order valence-corrected chi connectivity index (χ0v) is 20.8. The molecule has 1 atom stereocenters. The van der Waals surface area contributed by atoms with E-state index in [1.807, 2.05) is 18.2 Å². The average Bonchev–Trinajstić information content (AvgIpc) is 3.31. The lowest BCUT2D eigenvalue weighted by Crippen LogP contribution is -2.45. The highest BCUT2D eigenvalue weighted by Gasteiger charge is 2.23. The van der Waals surface area contributed by atoms with Crippen molar-refractivity contribution in [2.75, 3.05) is 40.3 Å². The van der Waals surface area contributed by atoms with Gasteiger partial charge in [-0.25, -0.2) is 4.99 Å². The van der Waals surface area contributed by atoms with Crippen LogP contribution in [-0.4, -0.2) is 61.9 Å². The van der Waals surface area contributed by atoms with Gasteiger partial charge in [0, 0.05) is 20.6 Å². The summed E-state index contributed by atoms with van der Waals surface area (Å²) in [6.45, 7) is 3.74. The summed E-state index contributed by atoms with van der Waals surface area (Å²) in [4.78, 5) is 20.9. The Labute approximate surface area is 203 Å². The molecular weight excluding hydrogens is 501 g/mol. The van der Waals surface area contributed by atoms with Crippen LogP contribution in [0.15, 0.2) is 65.7 Å². The average molecular weight is 535 g/mol. The largest absolute Gasteiger partial charge is 0.354 e. The summed E-state index contributed by atoms with van der Waals surface area (Å²) in [6, 6.07) is 21.0. The topological polar surface area (TPSA) is 60.0 Å². The van der Waals surface area contributed by atoms with Crippen LogP contribution in [0.5, 0.6) is 0 Å². The fourth-order valence-electron chi connectivity index (χ4n) is 3.63. The van der Waals surface area contributed by atoms with Gasteiger partial charge in [-0.2, -0.15) is 0 Å². The number of likely N-dealkylation sites (N-methyl/N-ethyl adjacent to an activating group) is 1. The molecule has 1 aliphatic rings. The van der Waals surface area contributed by atoms with Gasteiger partial charge >= 0.3 is 0 Å². The van der Waals surface area contributed by atoms with Gasteiger partial charge in [-0.15, -0.1) is 24.0 Å². The first-order valence-electron chi connectivity index (χ1n) is 10.7. The lowest BCUT2D eigenvalue weighted by Gasteiger charge is -2.29. The number of halogens is 1. The van der Waals surface area contributed by atoms with Crippen molar-refractivity contribution < 1.29 is 4.79 Å². The predicted molar refractivity (Wildman–Crippen MR) is 138 cm³/mol. The molecule has 1 amide bonds. The summed E-state index contributed by atoms with van der Waals surface area (Å²) in [6.07, 6.45) is 2.49. The molecule has 31 heavy (non-hydrogen) atoms. The molecule has 0 saturated carbocycles. The first kappa shape index (κ1) is 25.1. The molecule has 2 N–H and O–H groups in total. The van der Waals surface area contributed by atoms with Gasteiger partial charge in [0.15, 0.2) is 5.96 Å². The summed E-state index contributed by atoms with van der Waals surface area (Å²) in [5.74, 6) is 0.678. The minimum Gasteiger partial charge on any atom is -0.354 e. The number of hydrogen-bond acceptors (Lipinski definition) is 3. The van der Waals surface area contributed by atoms with Crippen LogP contribution in [0.3, 0.4) is 0 Å². The van der Waals surface area contributed by atoms with Gasteiger partial charge in [0.1, 0.15) is 0 Å². The number of amides is 1. The number of guanidine groups is 1. The van der Waals surface area contributed by atoms with Crippen molar-refractivity contribution in [2.24, 2.45) is 4.99 Å². The molecule has 0 spiro atoms. The Morgan fingerprint density at radius 1 is 1.00 bits per heavy atom. The van der Waals surface area contributed by atoms with Gasteiger partial charge in [0.25, 0.3) is 0 Å². The van der Waals surface area contributed by atoms with E-state index in [4.69, 9.17) is 4.99 Å². The second-order valence-corrected chi connectivity index (χ2v) is 7.84. The minimum absolute atomic E-state index is 0. The lowest BCUT2D eigenvalue weighted by molar-refractivity contribution is -0.127. The predicted octanol–water partition coefficient (Wildman–Crippen LogP) is 3.27. The molecule has 0 radical (unpaired) electrons. The Bertz CT molecular complexity index is 807. The highest BCUT2D eigenvalue weighted by molar-refractivity contribution is 14.0. The Morgan fingerprint density at radius 2 is 1.61 bits per heavy atom. The third-order valence-corrected chi connectivity index (χ3v) is 5.40. The van der Waals surface area contributed by atoms with E-state index in [0.717, 1.165) is 25.2 Å². The normalized spacial score (nSPS) is 15.1. The lowest BCUT2D eigenvalue weighted by atomic mass is 10.1. The van der Waals surface area contributed by atoms with Crippen LogP contribution in [0.25, 0.3) is 0 Å². The van der Waals surface area contributed by atoms with Gasteiger partial charge in [-0.05, 0) is 37.1 Å². The van der Waals surface area contributed by atoms with Crippen LogP contribution in [0.4, 0.5) is 0 Å². The first-order chi connectivity index (χ1) is 14.6. The van der Waals surface area contributed by atoms with Crippen molar-refractivity contribution in [1.82, 2.24) is 20.4 Å². The summed E-state index contributed by atoms with van der Waals surface area (Å²) in [7, 11) is 3.52. The van der Waals surface area contributed by atoms with E-state index >= 15 is 0 Å². The van der Waals surface area contributed by atoms with E-state index in [0.29, 0.717) is 12.5 Å². The number of aliphatic imine (C=N–C) groups is 1. The first-order valence-corrected chi connectivity index (χ1v) is 10.7. The van der Waals surface area contributed by atoms with E-state index in [2.05, 4.69) is 58.0 Å². The van der Waals surface area contributed by atoms with Crippen LogP contribution in [0.1, 0.15) is 30.0 Å². The van der Waals surface area contributed by atoms with E-state index in [1.165, 1.54) is 18.4 Å². The van der Waals surface area contributed by atoms with E-state index in [1.54, 1.807) is 19.0 Å². The molecule has 1 aliphatic heterocycles. The van der Waals surface area contributed by atoms with Gasteiger partial charge in [0.05, 0.1) is 19.1 Å². The van der Waals surface area contributed by atoms with Crippen LogP contribution in [0.2, 0.25) is 0 Å². The summed E-state index contributed by atoms with van der Waals surface area (Å²) in [5, 5.41) is 6.68. The number of hydrogen-bond donors (Lipinski definition) is 2. The van der Waals surface area contributed by atoms with Gasteiger partial charge in [-0.3, -0.25) is 9.69 Å². The number of likely N-dealkylation sites (tertiary alicyclic amines) is 1. The van der Waals surface area contributed by atoms with E-state index in [9.17, 15) is 4.79 Å². The minimum atomic E-state index is 0. The van der Waals surface area contributed by atoms with Crippen molar-refractivity contribution in [3.05, 3.63) is 71.8 Å². The van der Waals surface area contributed by atoms with Gasteiger partial charge in [0.2, 0.25) is 5.91 Å². The molecule has 1 saturated heterocycles. The fourth-order valence-corrected chi connectivity index (χ4v) is 3.63. The monoisotopic (exact) mass is 535 g/mol. The van der Waals surface area contributed by atoms with Crippen LogP contribution in [-0.2, 0) is 11.3 Å². The van der Waals surface area contributed by atoms with Gasteiger partial charge in [-0.1, -0.05) is 60.7 Å². The second-order valence-electron chi connectivity index (χ2n) is 7.84.